The van der Waals surface area contributed by atoms with Gasteiger partial charge in [0.05, 0.1) is 12.1 Å². The lowest BCUT2D eigenvalue weighted by Gasteiger charge is -2.11. The zero-order valence-corrected chi connectivity index (χ0v) is 8.39. The Morgan fingerprint density at radius 1 is 1.12 bits per heavy atom. The van der Waals surface area contributed by atoms with Gasteiger partial charge in [-0.1, -0.05) is 0 Å². The van der Waals surface area contributed by atoms with E-state index in [1.807, 2.05) is 5.32 Å². The molecule has 2 N–H and O–H groups in total. The van der Waals surface area contributed by atoms with Gasteiger partial charge in [0.15, 0.2) is 11.6 Å². The molecular formula is C10H7F3N2O2. The number of carbonyl (C=O) groups excluding carboxylic acids is 2. The first-order chi connectivity index (χ1) is 7.97. The molecule has 0 aromatic heterocycles. The third-order valence-electron chi connectivity index (χ3n) is 2.31. The van der Waals surface area contributed by atoms with Crippen LogP contribution in [0.15, 0.2) is 12.1 Å². The molecule has 0 saturated carbocycles. The molecule has 2 rings (SSSR count). The summed E-state index contributed by atoms with van der Waals surface area (Å²) in [6, 6.07) is -0.00513. The second-order valence-corrected chi connectivity index (χ2v) is 3.56. The number of hydrogen-bond acceptors (Lipinski definition) is 3. The minimum absolute atomic E-state index is 0.169. The highest BCUT2D eigenvalue weighted by Gasteiger charge is 2.31. The molecule has 2 amide bonds. The van der Waals surface area contributed by atoms with E-state index >= 15 is 0 Å². The second kappa shape index (κ2) is 4.08. The summed E-state index contributed by atoms with van der Waals surface area (Å²) in [4.78, 5) is 22.0. The number of carbonyl (C=O) groups is 2. The van der Waals surface area contributed by atoms with Crippen LogP contribution in [-0.4, -0.2) is 17.9 Å². The summed E-state index contributed by atoms with van der Waals surface area (Å²) in [5, 5.41) is 4.34. The summed E-state index contributed by atoms with van der Waals surface area (Å²) in [5.41, 5.74) is -0.362. The van der Waals surface area contributed by atoms with E-state index in [4.69, 9.17) is 0 Å². The topological polar surface area (TPSA) is 58.2 Å². The molecule has 7 heteroatoms. The van der Waals surface area contributed by atoms with Gasteiger partial charge in [-0.3, -0.25) is 14.9 Å². The van der Waals surface area contributed by atoms with Crippen LogP contribution in [-0.2, 0) is 9.59 Å². The van der Waals surface area contributed by atoms with Gasteiger partial charge in [0.2, 0.25) is 11.8 Å². The summed E-state index contributed by atoms with van der Waals surface area (Å²) in [6.07, 6.45) is -0.169. The van der Waals surface area contributed by atoms with Crippen LogP contribution in [0.5, 0.6) is 0 Å². The monoisotopic (exact) mass is 244 g/mol. The zero-order chi connectivity index (χ0) is 12.6. The van der Waals surface area contributed by atoms with E-state index in [9.17, 15) is 22.8 Å². The van der Waals surface area contributed by atoms with Crippen molar-refractivity contribution in [2.45, 2.75) is 12.5 Å². The SMILES string of the molecule is O=C1CC(Nc2cc(F)c(F)cc2F)C(=O)N1. The van der Waals surface area contributed by atoms with Crippen molar-refractivity contribution in [1.29, 1.82) is 0 Å². The molecule has 0 radical (unpaired) electrons. The Morgan fingerprint density at radius 3 is 2.35 bits per heavy atom. The lowest BCUT2D eigenvalue weighted by molar-refractivity contribution is -0.124. The van der Waals surface area contributed by atoms with E-state index in [0.717, 1.165) is 0 Å². The fourth-order valence-electron chi connectivity index (χ4n) is 1.49. The van der Waals surface area contributed by atoms with Gasteiger partial charge in [0.1, 0.15) is 11.9 Å². The molecular weight excluding hydrogens is 237 g/mol. The minimum Gasteiger partial charge on any atom is -0.371 e. The van der Waals surface area contributed by atoms with Crippen molar-refractivity contribution >= 4 is 17.5 Å². The smallest absolute Gasteiger partial charge is 0.249 e. The average molecular weight is 244 g/mol. The van der Waals surface area contributed by atoms with Gasteiger partial charge in [0, 0.05) is 12.1 Å². The van der Waals surface area contributed by atoms with Crippen molar-refractivity contribution in [3.63, 3.8) is 0 Å². The van der Waals surface area contributed by atoms with Crippen LogP contribution in [0.1, 0.15) is 6.42 Å². The molecule has 90 valence electrons. The summed E-state index contributed by atoms with van der Waals surface area (Å²) in [6.45, 7) is 0. The summed E-state index contributed by atoms with van der Waals surface area (Å²) in [7, 11) is 0. The number of amides is 2. The van der Waals surface area contributed by atoms with Crippen molar-refractivity contribution < 1.29 is 22.8 Å². The molecule has 1 fully saturated rings. The lowest BCUT2D eigenvalue weighted by Crippen LogP contribution is -2.30. The van der Waals surface area contributed by atoms with Crippen LogP contribution >= 0.6 is 0 Å². The third-order valence-corrected chi connectivity index (χ3v) is 2.31. The fraction of sp³-hybridized carbons (Fsp3) is 0.200. The van der Waals surface area contributed by atoms with Crippen LogP contribution in [0.4, 0.5) is 18.9 Å². The molecule has 1 aromatic carbocycles. The standard InChI is InChI=1S/C10H7F3N2O2/c11-4-1-6(13)7(2-5(4)12)14-8-3-9(16)15-10(8)17/h1-2,8,14H,3H2,(H,15,16,17). The van der Waals surface area contributed by atoms with Crippen molar-refractivity contribution in [2.75, 3.05) is 5.32 Å². The van der Waals surface area contributed by atoms with E-state index in [1.54, 1.807) is 0 Å². The largest absolute Gasteiger partial charge is 0.371 e. The summed E-state index contributed by atoms with van der Waals surface area (Å²) < 4.78 is 38.7. The Morgan fingerprint density at radius 2 is 1.76 bits per heavy atom. The van der Waals surface area contributed by atoms with E-state index in [-0.39, 0.29) is 12.1 Å². The van der Waals surface area contributed by atoms with Crippen LogP contribution in [0.3, 0.4) is 0 Å². The first-order valence-corrected chi connectivity index (χ1v) is 4.72. The van der Waals surface area contributed by atoms with Crippen molar-refractivity contribution in [1.82, 2.24) is 5.32 Å². The number of anilines is 1. The average Bonchev–Trinajstić information content (AvgIpc) is 2.54. The van der Waals surface area contributed by atoms with Crippen molar-refractivity contribution in [2.24, 2.45) is 0 Å². The van der Waals surface area contributed by atoms with Gasteiger partial charge in [-0.15, -0.1) is 0 Å². The quantitative estimate of drug-likeness (QED) is 0.601. The van der Waals surface area contributed by atoms with Gasteiger partial charge in [-0.05, 0) is 0 Å². The minimum atomic E-state index is -1.32. The number of nitrogens with one attached hydrogen (secondary N) is 2. The molecule has 1 unspecified atom stereocenters. The lowest BCUT2D eigenvalue weighted by atomic mass is 10.2. The predicted molar refractivity (Wildman–Crippen MR) is 51.5 cm³/mol. The summed E-state index contributed by atoms with van der Waals surface area (Å²) in [5.74, 6) is -4.72. The van der Waals surface area contributed by atoms with E-state index in [0.29, 0.717) is 12.1 Å². The van der Waals surface area contributed by atoms with Gasteiger partial charge in [0.25, 0.3) is 0 Å². The van der Waals surface area contributed by atoms with Gasteiger partial charge >= 0.3 is 0 Å². The Bertz CT molecular complexity index is 505. The first kappa shape index (κ1) is 11.4. The van der Waals surface area contributed by atoms with Crippen molar-refractivity contribution in [3.8, 4) is 0 Å². The Hall–Kier alpha value is -2.05. The highest BCUT2D eigenvalue weighted by molar-refractivity contribution is 6.06. The Labute approximate surface area is 93.8 Å². The predicted octanol–water partition coefficient (Wildman–Crippen LogP) is 0.931. The molecule has 0 spiro atoms. The Kier molecular flexibility index (Phi) is 2.74. The van der Waals surface area contributed by atoms with E-state index in [2.05, 4.69) is 5.32 Å². The van der Waals surface area contributed by atoms with Crippen LogP contribution < -0.4 is 10.6 Å². The molecule has 1 aliphatic heterocycles. The summed E-state index contributed by atoms with van der Waals surface area (Å²) >= 11 is 0. The molecule has 1 aliphatic rings. The molecule has 1 saturated heterocycles. The normalized spacial score (nSPS) is 19.4. The number of benzene rings is 1. The highest BCUT2D eigenvalue weighted by Crippen LogP contribution is 2.20. The molecule has 0 bridgehead atoms. The number of halogens is 3. The molecule has 1 atom stereocenters. The number of hydrogen-bond donors (Lipinski definition) is 2. The Balaban J connectivity index is 2.22. The maximum absolute atomic E-state index is 13.2. The number of imide groups is 1. The van der Waals surface area contributed by atoms with Gasteiger partial charge in [-0.2, -0.15) is 0 Å². The maximum atomic E-state index is 13.2. The highest BCUT2D eigenvalue weighted by atomic mass is 19.2. The van der Waals surface area contributed by atoms with Crippen LogP contribution in [0, 0.1) is 17.5 Å². The van der Waals surface area contributed by atoms with E-state index < -0.39 is 35.3 Å². The second-order valence-electron chi connectivity index (χ2n) is 3.56. The molecule has 1 aromatic rings. The van der Waals surface area contributed by atoms with Crippen LogP contribution in [0.25, 0.3) is 0 Å². The molecule has 4 nitrogen and oxygen atoms in total. The maximum Gasteiger partial charge on any atom is 0.249 e. The fourth-order valence-corrected chi connectivity index (χ4v) is 1.49. The van der Waals surface area contributed by atoms with Crippen LogP contribution in [0.2, 0.25) is 0 Å². The number of rotatable bonds is 2. The zero-order valence-electron chi connectivity index (χ0n) is 8.39. The molecule has 17 heavy (non-hydrogen) atoms. The van der Waals surface area contributed by atoms with Gasteiger partial charge < -0.3 is 5.32 Å². The van der Waals surface area contributed by atoms with Gasteiger partial charge in [-0.25, -0.2) is 13.2 Å². The van der Waals surface area contributed by atoms with E-state index in [1.165, 1.54) is 0 Å². The van der Waals surface area contributed by atoms with Crippen molar-refractivity contribution in [3.05, 3.63) is 29.6 Å². The first-order valence-electron chi connectivity index (χ1n) is 4.72. The molecule has 1 heterocycles. The third kappa shape index (κ3) is 2.22. The molecule has 0 aliphatic carbocycles.